The lowest BCUT2D eigenvalue weighted by atomic mass is 9.92. The summed E-state index contributed by atoms with van der Waals surface area (Å²) < 4.78 is 3.87. The predicted octanol–water partition coefficient (Wildman–Crippen LogP) is 8.23. The summed E-state index contributed by atoms with van der Waals surface area (Å²) in [4.78, 5) is 0. The Hall–Kier alpha value is -2.42. The minimum absolute atomic E-state index is 1.12. The molecule has 0 fully saturated rings. The number of fused-ring (bicyclic) bond motifs is 1. The third kappa shape index (κ3) is 2.00. The van der Waals surface area contributed by atoms with Crippen molar-refractivity contribution >= 4 is 69.0 Å². The summed E-state index contributed by atoms with van der Waals surface area (Å²) in [6.07, 6.45) is 0. The molecule has 0 aliphatic carbocycles. The summed E-state index contributed by atoms with van der Waals surface area (Å²) in [5.41, 5.74) is 2.59. The van der Waals surface area contributed by atoms with E-state index in [0.29, 0.717) is 0 Å². The second kappa shape index (κ2) is 5.29. The smallest absolute Gasteiger partial charge is 0.0361 e. The first kappa shape index (κ1) is 14.7. The van der Waals surface area contributed by atoms with E-state index in [1.54, 1.807) is 0 Å². The predicted molar refractivity (Wildman–Crippen MR) is 119 cm³/mol. The molecular formula is C24H13BrS. The van der Waals surface area contributed by atoms with Crippen LogP contribution in [-0.4, -0.2) is 0 Å². The Labute approximate surface area is 163 Å². The van der Waals surface area contributed by atoms with Crippen LogP contribution in [0.3, 0.4) is 0 Å². The van der Waals surface area contributed by atoms with E-state index >= 15 is 0 Å². The van der Waals surface area contributed by atoms with Crippen LogP contribution in [0.2, 0.25) is 0 Å². The zero-order valence-electron chi connectivity index (χ0n) is 13.8. The van der Waals surface area contributed by atoms with Crippen LogP contribution in [-0.2, 0) is 0 Å². The average Bonchev–Trinajstić information content (AvgIpc) is 3.05. The fourth-order valence-electron chi connectivity index (χ4n) is 4.10. The monoisotopic (exact) mass is 412 g/mol. The third-order valence-corrected chi connectivity index (χ3v) is 6.87. The van der Waals surface area contributed by atoms with Crippen molar-refractivity contribution in [2.24, 2.45) is 0 Å². The first-order valence-electron chi connectivity index (χ1n) is 8.64. The second-order valence-corrected chi connectivity index (χ2v) is 8.76. The van der Waals surface area contributed by atoms with E-state index in [1.807, 2.05) is 11.3 Å². The fourth-order valence-corrected chi connectivity index (χ4v) is 5.64. The molecule has 0 unspecified atom stereocenters. The quantitative estimate of drug-likeness (QED) is 0.238. The van der Waals surface area contributed by atoms with E-state index in [4.69, 9.17) is 0 Å². The Morgan fingerprint density at radius 3 is 2.35 bits per heavy atom. The maximum Gasteiger partial charge on any atom is 0.0361 e. The molecule has 0 aliphatic heterocycles. The van der Waals surface area contributed by atoms with Crippen LogP contribution in [0.1, 0.15) is 0 Å². The average molecular weight is 413 g/mol. The van der Waals surface area contributed by atoms with Gasteiger partial charge in [0.15, 0.2) is 0 Å². The number of thiophene rings is 1. The number of benzene rings is 5. The van der Waals surface area contributed by atoms with Crippen molar-refractivity contribution in [2.45, 2.75) is 0 Å². The topological polar surface area (TPSA) is 0 Å². The molecule has 1 heterocycles. The van der Waals surface area contributed by atoms with Gasteiger partial charge in [0, 0.05) is 24.6 Å². The van der Waals surface area contributed by atoms with Crippen molar-refractivity contribution in [3.8, 4) is 11.1 Å². The van der Waals surface area contributed by atoms with Gasteiger partial charge in [-0.3, -0.25) is 0 Å². The van der Waals surface area contributed by atoms with Gasteiger partial charge in [-0.2, -0.15) is 0 Å². The maximum absolute atomic E-state index is 3.60. The Balaban J connectivity index is 1.76. The standard InChI is InChI=1S/C24H13BrS/c25-18-10-9-14-7-8-15(11-17(14)12-18)20-13-16-3-1-5-21-23(16)24-19(20)4-2-6-22(24)26-21/h1-13H. The summed E-state index contributed by atoms with van der Waals surface area (Å²) in [5, 5.41) is 8.04. The van der Waals surface area contributed by atoms with Gasteiger partial charge in [0.25, 0.3) is 0 Å². The molecule has 0 radical (unpaired) electrons. The molecule has 1 aromatic heterocycles. The van der Waals surface area contributed by atoms with Gasteiger partial charge in [-0.15, -0.1) is 11.3 Å². The molecule has 26 heavy (non-hydrogen) atoms. The molecule has 0 atom stereocenters. The highest BCUT2D eigenvalue weighted by Crippen LogP contribution is 2.44. The molecule has 5 aromatic carbocycles. The molecule has 0 nitrogen and oxygen atoms in total. The van der Waals surface area contributed by atoms with Crippen molar-refractivity contribution in [3.63, 3.8) is 0 Å². The highest BCUT2D eigenvalue weighted by Gasteiger charge is 2.15. The van der Waals surface area contributed by atoms with Crippen LogP contribution >= 0.6 is 27.3 Å². The molecule has 0 spiro atoms. The highest BCUT2D eigenvalue weighted by molar-refractivity contribution is 9.10. The molecule has 2 heteroatoms. The molecule has 122 valence electrons. The second-order valence-electron chi connectivity index (χ2n) is 6.77. The molecular weight excluding hydrogens is 400 g/mol. The maximum atomic E-state index is 3.60. The Kier molecular flexibility index (Phi) is 3.00. The van der Waals surface area contributed by atoms with E-state index in [0.717, 1.165) is 4.47 Å². The van der Waals surface area contributed by atoms with Crippen LogP contribution in [0.4, 0.5) is 0 Å². The molecule has 0 amide bonds. The van der Waals surface area contributed by atoms with Crippen LogP contribution in [0.5, 0.6) is 0 Å². The van der Waals surface area contributed by atoms with Gasteiger partial charge >= 0.3 is 0 Å². The van der Waals surface area contributed by atoms with Gasteiger partial charge < -0.3 is 0 Å². The van der Waals surface area contributed by atoms with Crippen LogP contribution < -0.4 is 0 Å². The summed E-state index contributed by atoms with van der Waals surface area (Å²) >= 11 is 5.49. The Morgan fingerprint density at radius 2 is 1.42 bits per heavy atom. The Bertz CT molecular complexity index is 1440. The number of halogens is 1. The van der Waals surface area contributed by atoms with Crippen LogP contribution in [0.15, 0.2) is 83.3 Å². The highest BCUT2D eigenvalue weighted by atomic mass is 79.9. The summed E-state index contributed by atoms with van der Waals surface area (Å²) in [5.74, 6) is 0. The van der Waals surface area contributed by atoms with Crippen LogP contribution in [0, 0.1) is 0 Å². The van der Waals surface area contributed by atoms with Gasteiger partial charge in [-0.1, -0.05) is 58.4 Å². The molecule has 0 saturated carbocycles. The van der Waals surface area contributed by atoms with Crippen molar-refractivity contribution < 1.29 is 0 Å². The van der Waals surface area contributed by atoms with Gasteiger partial charge in [0.1, 0.15) is 0 Å². The lowest BCUT2D eigenvalue weighted by Crippen LogP contribution is -1.84. The first-order valence-corrected chi connectivity index (χ1v) is 10.2. The van der Waals surface area contributed by atoms with Crippen molar-refractivity contribution in [1.82, 2.24) is 0 Å². The molecule has 0 aliphatic rings. The van der Waals surface area contributed by atoms with E-state index in [2.05, 4.69) is 94.8 Å². The minimum atomic E-state index is 1.12. The van der Waals surface area contributed by atoms with Gasteiger partial charge in [0.05, 0.1) is 0 Å². The summed E-state index contributed by atoms with van der Waals surface area (Å²) in [7, 11) is 0. The normalized spacial score (nSPS) is 12.0. The van der Waals surface area contributed by atoms with E-state index in [-0.39, 0.29) is 0 Å². The third-order valence-electron chi connectivity index (χ3n) is 5.26. The molecule has 0 bridgehead atoms. The number of hydrogen-bond acceptors (Lipinski definition) is 1. The van der Waals surface area contributed by atoms with Crippen molar-refractivity contribution in [3.05, 3.63) is 83.3 Å². The van der Waals surface area contributed by atoms with Crippen LogP contribution in [0.25, 0.3) is 52.8 Å². The fraction of sp³-hybridized carbons (Fsp3) is 0. The minimum Gasteiger partial charge on any atom is -0.135 e. The molecule has 6 rings (SSSR count). The van der Waals surface area contributed by atoms with Gasteiger partial charge in [0.2, 0.25) is 0 Å². The lowest BCUT2D eigenvalue weighted by molar-refractivity contribution is 1.68. The van der Waals surface area contributed by atoms with E-state index in [1.165, 1.54) is 52.8 Å². The Morgan fingerprint density at radius 1 is 0.615 bits per heavy atom. The largest absolute Gasteiger partial charge is 0.135 e. The first-order chi connectivity index (χ1) is 12.8. The van der Waals surface area contributed by atoms with Crippen molar-refractivity contribution in [2.75, 3.05) is 0 Å². The van der Waals surface area contributed by atoms with E-state index < -0.39 is 0 Å². The molecule has 0 saturated heterocycles. The summed E-state index contributed by atoms with van der Waals surface area (Å²) in [6.45, 7) is 0. The zero-order valence-corrected chi connectivity index (χ0v) is 16.2. The number of rotatable bonds is 1. The molecule has 6 aromatic rings. The SMILES string of the molecule is Brc1ccc2ccc(-c3cc4cccc5sc6cccc3c6c45)cc2c1. The lowest BCUT2D eigenvalue weighted by Gasteiger charge is -2.11. The molecule has 0 N–H and O–H groups in total. The summed E-state index contributed by atoms with van der Waals surface area (Å²) in [6, 6.07) is 28.9. The van der Waals surface area contributed by atoms with E-state index in [9.17, 15) is 0 Å². The zero-order chi connectivity index (χ0) is 17.3. The van der Waals surface area contributed by atoms with Gasteiger partial charge in [-0.05, 0) is 69.1 Å². The number of hydrogen-bond donors (Lipinski definition) is 0. The van der Waals surface area contributed by atoms with Crippen molar-refractivity contribution in [1.29, 1.82) is 0 Å². The van der Waals surface area contributed by atoms with Gasteiger partial charge in [-0.25, -0.2) is 0 Å².